The van der Waals surface area contributed by atoms with Gasteiger partial charge in [-0.15, -0.1) is 0 Å². The molecule has 0 amide bonds. The van der Waals surface area contributed by atoms with Crippen LogP contribution in [0.1, 0.15) is 13.8 Å². The molecule has 0 aromatic carbocycles. The first-order valence-corrected chi connectivity index (χ1v) is 3.88. The molecule has 0 aromatic heterocycles. The quantitative estimate of drug-likeness (QED) is 0.424. The molecule has 0 heterocycles. The molecule has 72 valence electrons. The van der Waals surface area contributed by atoms with Gasteiger partial charge in [0.1, 0.15) is 0 Å². The molecule has 4 nitrogen and oxygen atoms in total. The second kappa shape index (κ2) is 11.0. The van der Waals surface area contributed by atoms with E-state index in [0.717, 1.165) is 0 Å². The van der Waals surface area contributed by atoms with E-state index >= 15 is 0 Å². The summed E-state index contributed by atoms with van der Waals surface area (Å²) < 4.78 is 0. The van der Waals surface area contributed by atoms with Crippen LogP contribution in [0, 0.1) is 0 Å². The largest absolute Gasteiger partial charge is 2.00 e. The molecule has 0 bridgehead atoms. The fourth-order valence-electron chi connectivity index (χ4n) is 0. The molecule has 2 atom stereocenters. The fraction of sp³-hybridized carbons (Fsp3) is 0.667. The monoisotopic (exact) mass is 250 g/mol. The van der Waals surface area contributed by atoms with Crippen LogP contribution in [-0.4, -0.2) is 70.3 Å². The van der Waals surface area contributed by atoms with Crippen LogP contribution in [0.2, 0.25) is 0 Å². The van der Waals surface area contributed by atoms with Crippen molar-refractivity contribution in [2.24, 2.45) is 0 Å². The summed E-state index contributed by atoms with van der Waals surface area (Å²) in [5.74, 6) is 0. The number of hydrogen-bond acceptors (Lipinski definition) is 6. The Balaban J connectivity index is -0.000000143. The van der Waals surface area contributed by atoms with Crippen LogP contribution < -0.4 is 10.2 Å². The van der Waals surface area contributed by atoms with E-state index in [9.17, 15) is 10.2 Å². The average molecular weight is 250 g/mol. The summed E-state index contributed by atoms with van der Waals surface area (Å²) in [5, 5.41) is 34.6. The number of aliphatic hydroxyl groups is 2. The van der Waals surface area contributed by atoms with Crippen LogP contribution in [-0.2, 0) is 0 Å². The van der Waals surface area contributed by atoms with E-state index in [4.69, 9.17) is 10.2 Å². The van der Waals surface area contributed by atoms with Gasteiger partial charge in [0, 0.05) is 0 Å². The molecular weight excluding hydrogens is 240 g/mol. The molecule has 0 aliphatic carbocycles. The zero-order valence-corrected chi connectivity index (χ0v) is 11.2. The number of aliphatic hydroxyl groups excluding tert-OH is 2. The summed E-state index contributed by atoms with van der Waals surface area (Å²) in [7, 11) is 0. The smallest absolute Gasteiger partial charge is 0.866 e. The van der Waals surface area contributed by atoms with E-state index < -0.39 is 22.3 Å². The third-order valence-corrected chi connectivity index (χ3v) is 1.36. The maximum atomic E-state index is 9.71. The summed E-state index contributed by atoms with van der Waals surface area (Å²) >= 11 is 8.03. The Kier molecular flexibility index (Phi) is 16.6. The molecule has 0 aliphatic heterocycles. The second-order valence-corrected chi connectivity index (χ2v) is 2.79. The predicted octanol–water partition coefficient (Wildman–Crippen LogP) is -2.27. The van der Waals surface area contributed by atoms with Crippen LogP contribution in [0.5, 0.6) is 0 Å². The van der Waals surface area contributed by atoms with E-state index in [2.05, 4.69) is 24.4 Å². The Labute approximate surface area is 118 Å². The van der Waals surface area contributed by atoms with Crippen molar-refractivity contribution in [3.8, 4) is 0 Å². The first kappa shape index (κ1) is 19.5. The van der Waals surface area contributed by atoms with E-state index in [0.29, 0.717) is 0 Å². The zero-order valence-electron chi connectivity index (χ0n) is 7.39. The van der Waals surface area contributed by atoms with Gasteiger partial charge in [0.05, 0.1) is 12.2 Å². The third kappa shape index (κ3) is 19.4. The molecule has 0 saturated carbocycles. The van der Waals surface area contributed by atoms with Crippen LogP contribution in [0.4, 0.5) is 0 Å². The molecule has 7 heteroatoms. The molecule has 0 spiro atoms. The topological polar surface area (TPSA) is 86.6 Å². The van der Waals surface area contributed by atoms with Gasteiger partial charge in [-0.25, -0.2) is 0 Å². The molecule has 0 saturated heterocycles. The van der Waals surface area contributed by atoms with Gasteiger partial charge in [-0.05, 0) is 23.9 Å². The first-order valence-electron chi connectivity index (χ1n) is 3.06. The van der Waals surface area contributed by atoms with Gasteiger partial charge in [0.25, 0.3) is 0 Å². The predicted molar refractivity (Wildman–Crippen MR) is 54.3 cm³/mol. The van der Waals surface area contributed by atoms with Crippen molar-refractivity contribution in [2.75, 3.05) is 0 Å². The molecule has 13 heavy (non-hydrogen) atoms. The minimum atomic E-state index is -0.972. The van der Waals surface area contributed by atoms with E-state index in [-0.39, 0.29) is 37.7 Å². The minimum Gasteiger partial charge on any atom is -0.866 e. The van der Waals surface area contributed by atoms with E-state index in [1.807, 2.05) is 0 Å². The SMILES string of the molecule is CC(O)C([O-])=S.CC(O)C([O-])=S.[Ca+2]. The third-order valence-electron chi connectivity index (χ3n) is 0.682. The Morgan fingerprint density at radius 2 is 1.08 bits per heavy atom. The Morgan fingerprint density at radius 3 is 1.08 bits per heavy atom. The summed E-state index contributed by atoms with van der Waals surface area (Å²) in [4.78, 5) is 0. The van der Waals surface area contributed by atoms with Crippen LogP contribution >= 0.6 is 24.4 Å². The molecule has 0 aromatic rings. The van der Waals surface area contributed by atoms with Crippen molar-refractivity contribution in [1.29, 1.82) is 0 Å². The van der Waals surface area contributed by atoms with Crippen LogP contribution in [0.25, 0.3) is 0 Å². The van der Waals surface area contributed by atoms with Gasteiger partial charge in [0.15, 0.2) is 0 Å². The van der Waals surface area contributed by atoms with Gasteiger partial charge in [-0.3, -0.25) is 0 Å². The molecular formula is C6H10CaO4S2. The van der Waals surface area contributed by atoms with Crippen molar-refractivity contribution < 1.29 is 20.4 Å². The second-order valence-electron chi connectivity index (χ2n) is 1.99. The summed E-state index contributed by atoms with van der Waals surface area (Å²) in [6.45, 7) is 2.69. The van der Waals surface area contributed by atoms with Crippen molar-refractivity contribution in [2.45, 2.75) is 26.1 Å². The standard InChI is InChI=1S/2C3H6O2S.Ca/c2*1-2(4)3(5)6;/h2*2,4H,1H3,(H,5,6);/q;;+2/p-2. The Morgan fingerprint density at radius 1 is 1.00 bits per heavy atom. The van der Waals surface area contributed by atoms with Crippen LogP contribution in [0.15, 0.2) is 0 Å². The van der Waals surface area contributed by atoms with E-state index in [1.54, 1.807) is 0 Å². The van der Waals surface area contributed by atoms with Crippen LogP contribution in [0.3, 0.4) is 0 Å². The van der Waals surface area contributed by atoms with Gasteiger partial charge < -0.3 is 20.4 Å². The summed E-state index contributed by atoms with van der Waals surface area (Å²) in [6, 6.07) is 0. The molecule has 0 aliphatic rings. The number of hydrogen-bond donors (Lipinski definition) is 2. The van der Waals surface area contributed by atoms with Gasteiger partial charge >= 0.3 is 37.7 Å². The maximum absolute atomic E-state index is 9.71. The zero-order chi connectivity index (χ0) is 10.3. The van der Waals surface area contributed by atoms with Crippen molar-refractivity contribution >= 4 is 72.3 Å². The normalized spacial score (nSPS) is 12.6. The maximum Gasteiger partial charge on any atom is 2.00 e. The fourth-order valence-corrected chi connectivity index (χ4v) is 0. The first-order chi connectivity index (χ1) is 5.29. The molecule has 2 N–H and O–H groups in total. The average Bonchev–Trinajstić information content (AvgIpc) is 1.88. The van der Waals surface area contributed by atoms with Crippen molar-refractivity contribution in [1.82, 2.24) is 0 Å². The molecule has 0 radical (unpaired) electrons. The Bertz CT molecular complexity index is 143. The van der Waals surface area contributed by atoms with Crippen molar-refractivity contribution in [3.63, 3.8) is 0 Å². The number of thiocarbonyl (C=S) groups is 2. The molecule has 0 rings (SSSR count). The van der Waals surface area contributed by atoms with Crippen molar-refractivity contribution in [3.05, 3.63) is 0 Å². The summed E-state index contributed by atoms with van der Waals surface area (Å²) in [5.41, 5.74) is 0. The minimum absolute atomic E-state index is 0. The van der Waals surface area contributed by atoms with Gasteiger partial charge in [-0.1, -0.05) is 24.4 Å². The molecule has 0 fully saturated rings. The summed E-state index contributed by atoms with van der Waals surface area (Å²) in [6.07, 6.45) is -1.94. The van der Waals surface area contributed by atoms with E-state index in [1.165, 1.54) is 13.8 Å². The molecule has 2 unspecified atom stereocenters. The number of rotatable bonds is 2. The van der Waals surface area contributed by atoms with Gasteiger partial charge in [-0.2, -0.15) is 0 Å². The van der Waals surface area contributed by atoms with Gasteiger partial charge in [0.2, 0.25) is 0 Å². The Hall–Kier alpha value is 0.960.